The summed E-state index contributed by atoms with van der Waals surface area (Å²) in [5.41, 5.74) is 3.07. The Labute approximate surface area is 209 Å². The normalized spacial score (nSPS) is 19.1. The topological polar surface area (TPSA) is 39.2 Å². The number of nitrogens with zero attached hydrogens (tertiary/aromatic N) is 4. The molecular formula is C25H29ClN4OS2. The second-order valence-corrected chi connectivity index (χ2v) is 10.3. The molecule has 0 radical (unpaired) electrons. The molecule has 0 unspecified atom stereocenters. The summed E-state index contributed by atoms with van der Waals surface area (Å²) in [5, 5.41) is 2.37. The Balaban J connectivity index is 1.66. The Morgan fingerprint density at radius 1 is 1.03 bits per heavy atom. The van der Waals surface area contributed by atoms with E-state index < -0.39 is 0 Å². The standard InChI is InChI=1S/C25H29ClN4OS2/c1-5-8-15-30-23(31)22(24-28(4)20-16-17(26)9-14-21(20)32-24)33-25(30)27-18-10-12-19(13-11-18)29(6-2)7-3/h9-14,16H,5-8,15H2,1-4H3/b24-22-,27-25?. The van der Waals surface area contributed by atoms with Crippen LogP contribution in [0.1, 0.15) is 33.6 Å². The SMILES string of the molecule is CCCCN1C(=O)/C(=C2/Sc3ccc(Cl)cc3N2C)SC1=Nc1ccc(N(CC)CC)cc1. The van der Waals surface area contributed by atoms with Gasteiger partial charge in [0.2, 0.25) is 0 Å². The molecule has 0 N–H and O–H groups in total. The van der Waals surface area contributed by atoms with Crippen molar-refractivity contribution in [2.75, 3.05) is 36.5 Å². The van der Waals surface area contributed by atoms with Crippen LogP contribution in [-0.2, 0) is 4.79 Å². The lowest BCUT2D eigenvalue weighted by Crippen LogP contribution is -2.30. The molecule has 2 aliphatic heterocycles. The minimum absolute atomic E-state index is 0.0280. The molecule has 1 saturated heterocycles. The van der Waals surface area contributed by atoms with Gasteiger partial charge in [0, 0.05) is 42.3 Å². The third kappa shape index (κ3) is 4.91. The van der Waals surface area contributed by atoms with Crippen LogP contribution in [-0.4, -0.2) is 42.7 Å². The van der Waals surface area contributed by atoms with Gasteiger partial charge < -0.3 is 9.80 Å². The lowest BCUT2D eigenvalue weighted by molar-refractivity contribution is -0.122. The lowest BCUT2D eigenvalue weighted by Gasteiger charge is -2.21. The number of aliphatic imine (C=N–C) groups is 1. The molecule has 0 aromatic heterocycles. The van der Waals surface area contributed by atoms with Crippen molar-refractivity contribution in [3.05, 3.63) is 57.4 Å². The van der Waals surface area contributed by atoms with Crippen molar-refractivity contribution in [1.29, 1.82) is 0 Å². The first-order valence-corrected chi connectivity index (χ1v) is 13.4. The maximum Gasteiger partial charge on any atom is 0.269 e. The minimum atomic E-state index is 0.0280. The van der Waals surface area contributed by atoms with Gasteiger partial charge in [-0.1, -0.05) is 36.7 Å². The van der Waals surface area contributed by atoms with Gasteiger partial charge in [-0.25, -0.2) is 4.99 Å². The molecule has 0 aliphatic carbocycles. The van der Waals surface area contributed by atoms with E-state index in [1.54, 1.807) is 11.8 Å². The second kappa shape index (κ2) is 10.5. The number of carbonyl (C=O) groups excluding carboxylic acids is 1. The summed E-state index contributed by atoms with van der Waals surface area (Å²) in [7, 11) is 1.99. The van der Waals surface area contributed by atoms with Crippen LogP contribution >= 0.6 is 35.1 Å². The predicted molar refractivity (Wildman–Crippen MR) is 144 cm³/mol. The fraction of sp³-hybridized carbons (Fsp3) is 0.360. The summed E-state index contributed by atoms with van der Waals surface area (Å²) < 4.78 is 0. The number of amides is 1. The van der Waals surface area contributed by atoms with Crippen molar-refractivity contribution >= 4 is 63.3 Å². The molecule has 33 heavy (non-hydrogen) atoms. The average molecular weight is 501 g/mol. The monoisotopic (exact) mass is 500 g/mol. The minimum Gasteiger partial charge on any atom is -0.372 e. The second-order valence-electron chi connectivity index (χ2n) is 7.90. The molecule has 8 heteroatoms. The van der Waals surface area contributed by atoms with Crippen LogP contribution in [0.5, 0.6) is 0 Å². The van der Waals surface area contributed by atoms with Crippen LogP contribution in [0, 0.1) is 0 Å². The molecular weight excluding hydrogens is 472 g/mol. The first-order chi connectivity index (χ1) is 16.0. The number of rotatable bonds is 7. The van der Waals surface area contributed by atoms with Crippen LogP contribution in [0.3, 0.4) is 0 Å². The van der Waals surface area contributed by atoms with Crippen LogP contribution in [0.15, 0.2) is 62.3 Å². The predicted octanol–water partition coefficient (Wildman–Crippen LogP) is 6.96. The number of amidine groups is 1. The molecule has 2 aromatic rings. The van der Waals surface area contributed by atoms with Crippen LogP contribution in [0.4, 0.5) is 17.1 Å². The van der Waals surface area contributed by atoms with Crippen molar-refractivity contribution in [3.8, 4) is 0 Å². The molecule has 1 fully saturated rings. The summed E-state index contributed by atoms with van der Waals surface area (Å²) in [5.74, 6) is 0.0280. The van der Waals surface area contributed by atoms with E-state index in [2.05, 4.69) is 42.7 Å². The summed E-state index contributed by atoms with van der Waals surface area (Å²) >= 11 is 9.30. The van der Waals surface area contributed by atoms with E-state index in [9.17, 15) is 4.79 Å². The molecule has 174 valence electrons. The Morgan fingerprint density at radius 2 is 1.76 bits per heavy atom. The third-order valence-electron chi connectivity index (χ3n) is 5.79. The van der Waals surface area contributed by atoms with E-state index in [4.69, 9.17) is 16.6 Å². The molecule has 0 atom stereocenters. The molecule has 1 amide bonds. The number of fused-ring (bicyclic) bond motifs is 1. The zero-order chi connectivity index (χ0) is 23.5. The Hall–Kier alpha value is -2.09. The van der Waals surface area contributed by atoms with Gasteiger partial charge in [0.1, 0.15) is 4.91 Å². The number of anilines is 2. The van der Waals surface area contributed by atoms with Gasteiger partial charge in [-0.15, -0.1) is 0 Å². The summed E-state index contributed by atoms with van der Waals surface area (Å²) in [4.78, 5) is 26.4. The third-order valence-corrected chi connectivity index (χ3v) is 8.46. The molecule has 2 aliphatic rings. The number of unbranched alkanes of at least 4 members (excludes halogenated alkanes) is 1. The number of thioether (sulfide) groups is 2. The van der Waals surface area contributed by atoms with Gasteiger partial charge in [-0.05, 0) is 74.5 Å². The smallest absolute Gasteiger partial charge is 0.269 e. The van der Waals surface area contributed by atoms with Gasteiger partial charge in [-0.2, -0.15) is 0 Å². The molecule has 2 heterocycles. The van der Waals surface area contributed by atoms with Crippen molar-refractivity contribution < 1.29 is 4.79 Å². The number of halogens is 1. The lowest BCUT2D eigenvalue weighted by atomic mass is 10.2. The average Bonchev–Trinajstić information content (AvgIpc) is 3.30. The summed E-state index contributed by atoms with van der Waals surface area (Å²) in [6, 6.07) is 14.1. The Bertz CT molecular complexity index is 1100. The largest absolute Gasteiger partial charge is 0.372 e. The molecule has 5 nitrogen and oxygen atoms in total. The van der Waals surface area contributed by atoms with E-state index >= 15 is 0 Å². The van der Waals surface area contributed by atoms with Crippen LogP contribution in [0.25, 0.3) is 0 Å². The van der Waals surface area contributed by atoms with Crippen LogP contribution < -0.4 is 9.80 Å². The fourth-order valence-electron chi connectivity index (χ4n) is 3.89. The van der Waals surface area contributed by atoms with Crippen molar-refractivity contribution in [2.45, 2.75) is 38.5 Å². The number of benzene rings is 2. The van der Waals surface area contributed by atoms with E-state index in [1.165, 1.54) is 17.4 Å². The Kier molecular flexibility index (Phi) is 7.62. The summed E-state index contributed by atoms with van der Waals surface area (Å²) in [6.07, 6.45) is 1.96. The molecule has 0 bridgehead atoms. The fourth-order valence-corrected chi connectivity index (χ4v) is 6.40. The van der Waals surface area contributed by atoms with Crippen molar-refractivity contribution in [3.63, 3.8) is 0 Å². The zero-order valence-corrected chi connectivity index (χ0v) is 21.9. The highest BCUT2D eigenvalue weighted by Gasteiger charge is 2.38. The van der Waals surface area contributed by atoms with Gasteiger partial charge >= 0.3 is 0 Å². The molecule has 0 saturated carbocycles. The molecule has 4 rings (SSSR count). The zero-order valence-electron chi connectivity index (χ0n) is 19.5. The van der Waals surface area contributed by atoms with Crippen molar-refractivity contribution in [2.24, 2.45) is 4.99 Å². The molecule has 2 aromatic carbocycles. The van der Waals surface area contributed by atoms with Gasteiger partial charge in [0.15, 0.2) is 5.17 Å². The van der Waals surface area contributed by atoms with Gasteiger partial charge in [-0.3, -0.25) is 9.69 Å². The highest BCUT2D eigenvalue weighted by molar-refractivity contribution is 8.19. The van der Waals surface area contributed by atoms with E-state index in [1.807, 2.05) is 42.3 Å². The Morgan fingerprint density at radius 3 is 2.42 bits per heavy atom. The number of hydrogen-bond donors (Lipinski definition) is 0. The van der Waals surface area contributed by atoms with Crippen LogP contribution in [0.2, 0.25) is 5.02 Å². The number of hydrogen-bond acceptors (Lipinski definition) is 6. The highest BCUT2D eigenvalue weighted by atomic mass is 35.5. The maximum absolute atomic E-state index is 13.5. The molecule has 0 spiro atoms. The number of carbonyl (C=O) groups is 1. The maximum atomic E-state index is 13.5. The van der Waals surface area contributed by atoms with E-state index in [0.717, 1.165) is 57.3 Å². The summed E-state index contributed by atoms with van der Waals surface area (Å²) in [6.45, 7) is 9.05. The van der Waals surface area contributed by atoms with Gasteiger partial charge in [0.05, 0.1) is 16.4 Å². The van der Waals surface area contributed by atoms with E-state index in [0.29, 0.717) is 11.6 Å². The van der Waals surface area contributed by atoms with Crippen molar-refractivity contribution in [1.82, 2.24) is 4.90 Å². The highest BCUT2D eigenvalue weighted by Crippen LogP contribution is 2.50. The first-order valence-electron chi connectivity index (χ1n) is 11.4. The quantitative estimate of drug-likeness (QED) is 0.384. The first kappa shape index (κ1) is 24.0. The van der Waals surface area contributed by atoms with E-state index in [-0.39, 0.29) is 5.91 Å². The van der Waals surface area contributed by atoms with Gasteiger partial charge in [0.25, 0.3) is 5.91 Å².